The normalized spacial score (nSPS) is 16.9. The van der Waals surface area contributed by atoms with Gasteiger partial charge in [0.15, 0.2) is 5.78 Å². The summed E-state index contributed by atoms with van der Waals surface area (Å²) in [6.07, 6.45) is 13.6. The summed E-state index contributed by atoms with van der Waals surface area (Å²) in [7, 11) is 0. The molecule has 0 spiro atoms. The second-order valence-electron chi connectivity index (χ2n) is 5.62. The number of hydrogen-bond donors (Lipinski definition) is 0. The van der Waals surface area contributed by atoms with Gasteiger partial charge in [0.2, 0.25) is 0 Å². The van der Waals surface area contributed by atoms with Crippen LogP contribution in [-0.2, 0) is 9.53 Å². The average molecular weight is 254 g/mol. The Bertz CT molecular complexity index is 207. The minimum absolute atomic E-state index is 0.309. The Kier molecular flexibility index (Phi) is 9.19. The van der Waals surface area contributed by atoms with E-state index in [1.807, 2.05) is 0 Å². The standard InChI is InChI=1S/C16H30O2/c1-2-3-4-5-6-10-13-18-14-16(17)15-11-8-7-9-12-15/h15H,2-14H2,1H3. The maximum absolute atomic E-state index is 11.8. The zero-order valence-electron chi connectivity index (χ0n) is 12.1. The molecule has 0 aliphatic heterocycles. The van der Waals surface area contributed by atoms with Gasteiger partial charge in [-0.1, -0.05) is 58.3 Å². The fourth-order valence-electron chi connectivity index (χ4n) is 2.70. The highest BCUT2D eigenvalue weighted by Gasteiger charge is 2.20. The van der Waals surface area contributed by atoms with E-state index in [9.17, 15) is 4.79 Å². The summed E-state index contributed by atoms with van der Waals surface area (Å²) < 4.78 is 5.51. The van der Waals surface area contributed by atoms with Crippen LogP contribution in [0.5, 0.6) is 0 Å². The number of carbonyl (C=O) groups is 1. The molecule has 0 aromatic heterocycles. The highest BCUT2D eigenvalue weighted by molar-refractivity contribution is 5.82. The van der Waals surface area contributed by atoms with Crippen LogP contribution < -0.4 is 0 Å². The Morgan fingerprint density at radius 3 is 2.39 bits per heavy atom. The highest BCUT2D eigenvalue weighted by atomic mass is 16.5. The summed E-state index contributed by atoms with van der Waals surface area (Å²) in [5.74, 6) is 0.656. The maximum Gasteiger partial charge on any atom is 0.161 e. The van der Waals surface area contributed by atoms with Gasteiger partial charge in [-0.3, -0.25) is 4.79 Å². The number of carbonyl (C=O) groups excluding carboxylic acids is 1. The van der Waals surface area contributed by atoms with Gasteiger partial charge >= 0.3 is 0 Å². The van der Waals surface area contributed by atoms with E-state index in [2.05, 4.69) is 6.92 Å². The van der Waals surface area contributed by atoms with E-state index in [0.717, 1.165) is 25.9 Å². The molecule has 1 fully saturated rings. The van der Waals surface area contributed by atoms with Gasteiger partial charge < -0.3 is 4.74 Å². The number of Topliss-reactive ketones (excluding diaryl/α,β-unsaturated/α-hetero) is 1. The van der Waals surface area contributed by atoms with Gasteiger partial charge in [0.05, 0.1) is 0 Å². The van der Waals surface area contributed by atoms with Gasteiger partial charge in [0.25, 0.3) is 0 Å². The quantitative estimate of drug-likeness (QED) is 0.536. The van der Waals surface area contributed by atoms with Crippen molar-refractivity contribution in [3.63, 3.8) is 0 Å². The van der Waals surface area contributed by atoms with Crippen molar-refractivity contribution < 1.29 is 9.53 Å². The topological polar surface area (TPSA) is 26.3 Å². The van der Waals surface area contributed by atoms with Gasteiger partial charge in [-0.05, 0) is 19.3 Å². The van der Waals surface area contributed by atoms with Crippen LogP contribution in [0.4, 0.5) is 0 Å². The number of ketones is 1. The summed E-state index contributed by atoms with van der Waals surface area (Å²) in [4.78, 5) is 11.8. The smallest absolute Gasteiger partial charge is 0.161 e. The zero-order valence-corrected chi connectivity index (χ0v) is 12.1. The fourth-order valence-corrected chi connectivity index (χ4v) is 2.70. The first-order valence-corrected chi connectivity index (χ1v) is 7.95. The monoisotopic (exact) mass is 254 g/mol. The molecule has 1 saturated carbocycles. The van der Waals surface area contributed by atoms with Crippen LogP contribution in [0, 0.1) is 5.92 Å². The van der Waals surface area contributed by atoms with Crippen LogP contribution >= 0.6 is 0 Å². The molecule has 1 aliphatic rings. The van der Waals surface area contributed by atoms with Crippen molar-refractivity contribution in [2.24, 2.45) is 5.92 Å². The first kappa shape index (κ1) is 15.7. The summed E-state index contributed by atoms with van der Waals surface area (Å²) in [6, 6.07) is 0. The lowest BCUT2D eigenvalue weighted by atomic mass is 9.86. The lowest BCUT2D eigenvalue weighted by Gasteiger charge is -2.20. The number of unbranched alkanes of at least 4 members (excludes halogenated alkanes) is 5. The molecule has 18 heavy (non-hydrogen) atoms. The van der Waals surface area contributed by atoms with Crippen LogP contribution in [0.3, 0.4) is 0 Å². The van der Waals surface area contributed by atoms with Crippen LogP contribution in [-0.4, -0.2) is 19.0 Å². The van der Waals surface area contributed by atoms with Crippen LogP contribution in [0.1, 0.15) is 77.6 Å². The molecule has 0 atom stereocenters. The van der Waals surface area contributed by atoms with E-state index in [-0.39, 0.29) is 0 Å². The largest absolute Gasteiger partial charge is 0.374 e. The predicted octanol–water partition coefficient (Wildman–Crippen LogP) is 4.51. The van der Waals surface area contributed by atoms with Crippen molar-refractivity contribution in [3.05, 3.63) is 0 Å². The van der Waals surface area contributed by atoms with Crippen molar-refractivity contribution in [2.45, 2.75) is 77.6 Å². The molecule has 0 amide bonds. The summed E-state index contributed by atoms with van der Waals surface area (Å²) in [6.45, 7) is 3.37. The molecule has 0 heterocycles. The van der Waals surface area contributed by atoms with Crippen molar-refractivity contribution in [3.8, 4) is 0 Å². The van der Waals surface area contributed by atoms with Gasteiger partial charge in [-0.25, -0.2) is 0 Å². The molecule has 0 aromatic rings. The second-order valence-corrected chi connectivity index (χ2v) is 5.62. The minimum atomic E-state index is 0.309. The molecule has 0 bridgehead atoms. The Morgan fingerprint density at radius 1 is 1.00 bits per heavy atom. The van der Waals surface area contributed by atoms with E-state index in [0.29, 0.717) is 18.3 Å². The van der Waals surface area contributed by atoms with E-state index in [1.54, 1.807) is 0 Å². The number of ether oxygens (including phenoxy) is 1. The molecule has 0 N–H and O–H groups in total. The molecule has 1 rings (SSSR count). The maximum atomic E-state index is 11.8. The van der Waals surface area contributed by atoms with Crippen LogP contribution in [0.25, 0.3) is 0 Å². The second kappa shape index (κ2) is 10.5. The van der Waals surface area contributed by atoms with Gasteiger partial charge in [0.1, 0.15) is 6.61 Å². The van der Waals surface area contributed by atoms with E-state index in [1.165, 1.54) is 51.4 Å². The molecule has 0 saturated heterocycles. The Hall–Kier alpha value is -0.370. The number of rotatable bonds is 10. The summed E-state index contributed by atoms with van der Waals surface area (Å²) >= 11 is 0. The lowest BCUT2D eigenvalue weighted by molar-refractivity contribution is -0.128. The van der Waals surface area contributed by atoms with E-state index in [4.69, 9.17) is 4.74 Å². The minimum Gasteiger partial charge on any atom is -0.374 e. The molecule has 0 unspecified atom stereocenters. The fraction of sp³-hybridized carbons (Fsp3) is 0.938. The van der Waals surface area contributed by atoms with Gasteiger partial charge in [0, 0.05) is 12.5 Å². The van der Waals surface area contributed by atoms with Crippen molar-refractivity contribution in [2.75, 3.05) is 13.2 Å². The molecule has 2 nitrogen and oxygen atoms in total. The summed E-state index contributed by atoms with van der Waals surface area (Å²) in [5, 5.41) is 0. The van der Waals surface area contributed by atoms with Gasteiger partial charge in [-0.2, -0.15) is 0 Å². The highest BCUT2D eigenvalue weighted by Crippen LogP contribution is 2.24. The molecule has 0 radical (unpaired) electrons. The molecule has 1 aliphatic carbocycles. The van der Waals surface area contributed by atoms with Crippen molar-refractivity contribution in [1.82, 2.24) is 0 Å². The third-order valence-electron chi connectivity index (χ3n) is 3.95. The van der Waals surface area contributed by atoms with Crippen LogP contribution in [0.15, 0.2) is 0 Å². The van der Waals surface area contributed by atoms with Crippen molar-refractivity contribution in [1.29, 1.82) is 0 Å². The average Bonchev–Trinajstić information content (AvgIpc) is 2.42. The molecule has 106 valence electrons. The Balaban J connectivity index is 1.89. The third kappa shape index (κ3) is 7.15. The molecule has 2 heteroatoms. The van der Waals surface area contributed by atoms with E-state index < -0.39 is 0 Å². The summed E-state index contributed by atoms with van der Waals surface area (Å²) in [5.41, 5.74) is 0. The van der Waals surface area contributed by atoms with Gasteiger partial charge in [-0.15, -0.1) is 0 Å². The Labute approximate surface area is 112 Å². The molecular weight excluding hydrogens is 224 g/mol. The van der Waals surface area contributed by atoms with E-state index >= 15 is 0 Å². The first-order valence-electron chi connectivity index (χ1n) is 7.95. The molecular formula is C16H30O2. The first-order chi connectivity index (χ1) is 8.84. The lowest BCUT2D eigenvalue weighted by Crippen LogP contribution is -2.22. The third-order valence-corrected chi connectivity index (χ3v) is 3.95. The Morgan fingerprint density at radius 2 is 1.67 bits per heavy atom. The van der Waals surface area contributed by atoms with Crippen molar-refractivity contribution >= 4 is 5.78 Å². The number of hydrogen-bond acceptors (Lipinski definition) is 2. The molecule has 0 aromatic carbocycles. The zero-order chi connectivity index (χ0) is 13.1. The predicted molar refractivity (Wildman–Crippen MR) is 75.8 cm³/mol. The SMILES string of the molecule is CCCCCCCCOCC(=O)C1CCCCC1. The van der Waals surface area contributed by atoms with Crippen LogP contribution in [0.2, 0.25) is 0 Å².